The van der Waals surface area contributed by atoms with Crippen LogP contribution in [0.25, 0.3) is 10.8 Å². The van der Waals surface area contributed by atoms with Gasteiger partial charge in [0.1, 0.15) is 6.17 Å². The molecule has 0 radical (unpaired) electrons. The van der Waals surface area contributed by atoms with Crippen LogP contribution in [0.5, 0.6) is 0 Å². The van der Waals surface area contributed by atoms with E-state index >= 15 is 0 Å². The maximum Gasteiger partial charge on any atom is 0.319 e. The van der Waals surface area contributed by atoms with Crippen molar-refractivity contribution in [1.82, 2.24) is 20.0 Å². The van der Waals surface area contributed by atoms with Crippen LogP contribution in [0.1, 0.15) is 31.4 Å². The standard InChI is InChI=1S/C30H34N4O3/c1-21(2)26-19-34-27(33(15-14-28(34)35)30(37)31-17-22-8-4-3-5-9-22)20-32(29(26)36)18-23-12-13-24-10-6-7-11-25(24)16-23/h3-13,16,21,26-27H,14-15,17-20H2,1-2H3,(H,31,37)/t26-,27?/m0/s1. The summed E-state index contributed by atoms with van der Waals surface area (Å²) < 4.78 is 0. The van der Waals surface area contributed by atoms with Gasteiger partial charge >= 0.3 is 6.03 Å². The van der Waals surface area contributed by atoms with Gasteiger partial charge in [-0.05, 0) is 33.9 Å². The van der Waals surface area contributed by atoms with Crippen molar-refractivity contribution < 1.29 is 14.4 Å². The van der Waals surface area contributed by atoms with Gasteiger partial charge in [0.15, 0.2) is 0 Å². The number of rotatable bonds is 5. The second-order valence-electron chi connectivity index (χ2n) is 10.4. The summed E-state index contributed by atoms with van der Waals surface area (Å²) in [6.07, 6.45) is -0.232. The van der Waals surface area contributed by atoms with Crippen LogP contribution in [0, 0.1) is 11.8 Å². The highest BCUT2D eigenvalue weighted by atomic mass is 16.2. The Labute approximate surface area is 218 Å². The summed E-state index contributed by atoms with van der Waals surface area (Å²) in [5.74, 6) is -0.208. The number of fused-ring (bicyclic) bond motifs is 2. The second-order valence-corrected chi connectivity index (χ2v) is 10.4. The predicted molar refractivity (Wildman–Crippen MR) is 143 cm³/mol. The molecular weight excluding hydrogens is 464 g/mol. The summed E-state index contributed by atoms with van der Waals surface area (Å²) >= 11 is 0. The third-order valence-electron chi connectivity index (χ3n) is 7.55. The van der Waals surface area contributed by atoms with Gasteiger partial charge in [0.2, 0.25) is 11.8 Å². The van der Waals surface area contributed by atoms with Crippen molar-refractivity contribution in [2.75, 3.05) is 19.6 Å². The minimum atomic E-state index is -0.495. The van der Waals surface area contributed by atoms with Gasteiger partial charge in [-0.15, -0.1) is 0 Å². The predicted octanol–water partition coefficient (Wildman–Crippen LogP) is 4.22. The molecule has 1 N–H and O–H groups in total. The molecule has 2 heterocycles. The lowest BCUT2D eigenvalue weighted by atomic mass is 9.93. The number of amides is 4. The largest absolute Gasteiger partial charge is 0.334 e. The molecule has 3 aromatic carbocycles. The molecule has 0 saturated carbocycles. The zero-order valence-electron chi connectivity index (χ0n) is 21.5. The highest BCUT2D eigenvalue weighted by molar-refractivity contribution is 5.86. The molecule has 192 valence electrons. The first kappa shape index (κ1) is 24.8. The van der Waals surface area contributed by atoms with Crippen molar-refractivity contribution in [3.63, 3.8) is 0 Å². The number of carbonyl (C=O) groups excluding carboxylic acids is 3. The van der Waals surface area contributed by atoms with Crippen molar-refractivity contribution in [1.29, 1.82) is 0 Å². The topological polar surface area (TPSA) is 73.0 Å². The van der Waals surface area contributed by atoms with Crippen molar-refractivity contribution in [2.45, 2.75) is 39.5 Å². The Kier molecular flexibility index (Phi) is 7.12. The molecular formula is C30H34N4O3. The SMILES string of the molecule is CC(C)[C@@H]1CN2C(=O)CCN(C(=O)NCc3ccccc3)C2CN(Cc2ccc3ccccc3c2)C1=O. The summed E-state index contributed by atoms with van der Waals surface area (Å²) in [7, 11) is 0. The fourth-order valence-corrected chi connectivity index (χ4v) is 5.38. The summed E-state index contributed by atoms with van der Waals surface area (Å²) in [6.45, 7) is 5.85. The van der Waals surface area contributed by atoms with Crippen LogP contribution in [-0.4, -0.2) is 58.3 Å². The molecule has 0 aliphatic carbocycles. The van der Waals surface area contributed by atoms with Crippen LogP contribution in [-0.2, 0) is 22.7 Å². The van der Waals surface area contributed by atoms with Gasteiger partial charge in [-0.2, -0.15) is 0 Å². The summed E-state index contributed by atoms with van der Waals surface area (Å²) in [5, 5.41) is 5.29. The lowest BCUT2D eigenvalue weighted by molar-refractivity contribution is -0.142. The average Bonchev–Trinajstić information content (AvgIpc) is 3.05. The first-order chi connectivity index (χ1) is 17.9. The monoisotopic (exact) mass is 498 g/mol. The molecule has 37 heavy (non-hydrogen) atoms. The van der Waals surface area contributed by atoms with Crippen molar-refractivity contribution in [3.8, 4) is 0 Å². The molecule has 0 spiro atoms. The number of urea groups is 1. The number of nitrogens with one attached hydrogen (secondary N) is 1. The molecule has 4 amide bonds. The number of hydrogen-bond acceptors (Lipinski definition) is 3. The summed E-state index contributed by atoms with van der Waals surface area (Å²) in [6, 6.07) is 24.0. The summed E-state index contributed by atoms with van der Waals surface area (Å²) in [4.78, 5) is 45.5. The van der Waals surface area contributed by atoms with Gasteiger partial charge in [-0.25, -0.2) is 4.79 Å². The van der Waals surface area contributed by atoms with Crippen LogP contribution in [0.15, 0.2) is 72.8 Å². The van der Waals surface area contributed by atoms with E-state index in [4.69, 9.17) is 0 Å². The van der Waals surface area contributed by atoms with Gasteiger partial charge in [-0.1, -0.05) is 80.6 Å². The van der Waals surface area contributed by atoms with Crippen LogP contribution in [0.3, 0.4) is 0 Å². The minimum Gasteiger partial charge on any atom is -0.334 e. The molecule has 2 aliphatic heterocycles. The van der Waals surface area contributed by atoms with E-state index in [-0.39, 0.29) is 36.1 Å². The van der Waals surface area contributed by atoms with E-state index in [0.29, 0.717) is 32.7 Å². The van der Waals surface area contributed by atoms with Crippen LogP contribution < -0.4 is 5.32 Å². The summed E-state index contributed by atoms with van der Waals surface area (Å²) in [5.41, 5.74) is 2.04. The number of hydrogen-bond donors (Lipinski definition) is 1. The first-order valence-electron chi connectivity index (χ1n) is 13.0. The Bertz CT molecular complexity index is 1290. The molecule has 2 aliphatic rings. The van der Waals surface area contributed by atoms with E-state index in [2.05, 4.69) is 35.6 Å². The van der Waals surface area contributed by atoms with Crippen LogP contribution in [0.4, 0.5) is 4.79 Å². The number of nitrogens with zero attached hydrogens (tertiary/aromatic N) is 3. The average molecular weight is 499 g/mol. The normalized spacial score (nSPS) is 20.2. The zero-order valence-corrected chi connectivity index (χ0v) is 21.5. The first-order valence-corrected chi connectivity index (χ1v) is 13.0. The Morgan fingerprint density at radius 1 is 0.919 bits per heavy atom. The molecule has 7 nitrogen and oxygen atoms in total. The highest BCUT2D eigenvalue weighted by Crippen LogP contribution is 2.28. The van der Waals surface area contributed by atoms with Crippen molar-refractivity contribution in [3.05, 3.63) is 83.9 Å². The molecule has 2 fully saturated rings. The van der Waals surface area contributed by atoms with E-state index in [1.54, 1.807) is 9.80 Å². The molecule has 7 heteroatoms. The van der Waals surface area contributed by atoms with Gasteiger partial charge < -0.3 is 20.0 Å². The molecule has 2 atom stereocenters. The smallest absolute Gasteiger partial charge is 0.319 e. The van der Waals surface area contributed by atoms with E-state index in [1.165, 1.54) is 0 Å². The van der Waals surface area contributed by atoms with Gasteiger partial charge in [0, 0.05) is 32.6 Å². The van der Waals surface area contributed by atoms with E-state index in [1.807, 2.05) is 61.2 Å². The molecule has 2 saturated heterocycles. The number of benzene rings is 3. The van der Waals surface area contributed by atoms with Gasteiger partial charge in [0.05, 0.1) is 12.5 Å². The molecule has 0 bridgehead atoms. The maximum atomic E-state index is 13.8. The fraction of sp³-hybridized carbons (Fsp3) is 0.367. The molecule has 3 aromatic rings. The molecule has 0 aromatic heterocycles. The quantitative estimate of drug-likeness (QED) is 0.572. The van der Waals surface area contributed by atoms with E-state index < -0.39 is 6.17 Å². The Balaban J connectivity index is 1.41. The Hall–Kier alpha value is -3.87. The Morgan fingerprint density at radius 2 is 1.65 bits per heavy atom. The fourth-order valence-electron chi connectivity index (χ4n) is 5.38. The second kappa shape index (κ2) is 10.6. The third kappa shape index (κ3) is 5.31. The highest BCUT2D eigenvalue weighted by Gasteiger charge is 2.44. The maximum absolute atomic E-state index is 13.8. The molecule has 1 unspecified atom stereocenters. The van der Waals surface area contributed by atoms with Crippen molar-refractivity contribution >= 4 is 28.6 Å². The molecule has 5 rings (SSSR count). The lowest BCUT2D eigenvalue weighted by Gasteiger charge is -2.43. The van der Waals surface area contributed by atoms with Crippen molar-refractivity contribution in [2.24, 2.45) is 11.8 Å². The van der Waals surface area contributed by atoms with E-state index in [9.17, 15) is 14.4 Å². The Morgan fingerprint density at radius 3 is 2.41 bits per heavy atom. The van der Waals surface area contributed by atoms with Crippen LogP contribution in [0.2, 0.25) is 0 Å². The minimum absolute atomic E-state index is 0.00288. The number of carbonyl (C=O) groups is 3. The lowest BCUT2D eigenvalue weighted by Crippen LogP contribution is -2.62. The van der Waals surface area contributed by atoms with E-state index in [0.717, 1.165) is 21.9 Å². The van der Waals surface area contributed by atoms with Gasteiger partial charge in [-0.3, -0.25) is 9.59 Å². The van der Waals surface area contributed by atoms with Crippen LogP contribution >= 0.6 is 0 Å². The zero-order chi connectivity index (χ0) is 25.9. The third-order valence-corrected chi connectivity index (χ3v) is 7.55. The van der Waals surface area contributed by atoms with Gasteiger partial charge in [0.25, 0.3) is 0 Å².